The molecule has 3 nitrogen and oxygen atoms in total. The lowest BCUT2D eigenvalue weighted by Gasteiger charge is -2.33. The number of hydrogen-bond acceptors (Lipinski definition) is 3. The van der Waals surface area contributed by atoms with E-state index in [-0.39, 0.29) is 12.0 Å². The third kappa shape index (κ3) is 4.18. The summed E-state index contributed by atoms with van der Waals surface area (Å²) in [5, 5.41) is 4.18. The fourth-order valence-electron chi connectivity index (χ4n) is 2.79. The predicted molar refractivity (Wildman–Crippen MR) is 89.1 cm³/mol. The zero-order valence-corrected chi connectivity index (χ0v) is 13.4. The van der Waals surface area contributed by atoms with Crippen molar-refractivity contribution in [1.29, 1.82) is 0 Å². The molecule has 1 saturated heterocycles. The summed E-state index contributed by atoms with van der Waals surface area (Å²) in [5.41, 5.74) is 2.52. The summed E-state index contributed by atoms with van der Waals surface area (Å²) in [4.78, 5) is 14.3. The molecule has 2 aromatic rings. The van der Waals surface area contributed by atoms with Crippen LogP contribution >= 0.6 is 11.3 Å². The molecule has 0 bridgehead atoms. The third-order valence-electron chi connectivity index (χ3n) is 4.01. The molecule has 1 aliphatic rings. The first-order valence-electron chi connectivity index (χ1n) is 7.75. The van der Waals surface area contributed by atoms with Crippen molar-refractivity contribution in [2.24, 2.45) is 0 Å². The summed E-state index contributed by atoms with van der Waals surface area (Å²) in [6.07, 6.45) is 2.41. The number of aryl methyl sites for hydroxylation is 1. The van der Waals surface area contributed by atoms with Crippen LogP contribution in [0, 0.1) is 0 Å². The molecule has 0 unspecified atom stereocenters. The molecule has 0 N–H and O–H groups in total. The lowest BCUT2D eigenvalue weighted by atomic mass is 10.1. The SMILES string of the molecule is O=C(CCc1ccsc1)N1CCO[C@@H](Cc2ccccc2)C1. The van der Waals surface area contributed by atoms with Crippen molar-refractivity contribution in [3.63, 3.8) is 0 Å². The van der Waals surface area contributed by atoms with E-state index in [9.17, 15) is 4.79 Å². The van der Waals surface area contributed by atoms with Gasteiger partial charge in [0.1, 0.15) is 0 Å². The molecule has 0 saturated carbocycles. The number of nitrogens with zero attached hydrogens (tertiary/aromatic N) is 1. The van der Waals surface area contributed by atoms with Crippen molar-refractivity contribution in [3.8, 4) is 0 Å². The Balaban J connectivity index is 1.50. The van der Waals surface area contributed by atoms with Gasteiger partial charge in [0.25, 0.3) is 0 Å². The highest BCUT2D eigenvalue weighted by Gasteiger charge is 2.24. The van der Waals surface area contributed by atoms with Crippen molar-refractivity contribution < 1.29 is 9.53 Å². The Labute approximate surface area is 135 Å². The summed E-state index contributed by atoms with van der Waals surface area (Å²) in [7, 11) is 0. The van der Waals surface area contributed by atoms with E-state index in [4.69, 9.17) is 4.74 Å². The summed E-state index contributed by atoms with van der Waals surface area (Å²) in [5.74, 6) is 0.243. The number of amides is 1. The van der Waals surface area contributed by atoms with Crippen LogP contribution in [0.5, 0.6) is 0 Å². The Hall–Kier alpha value is -1.65. The lowest BCUT2D eigenvalue weighted by Crippen LogP contribution is -2.46. The van der Waals surface area contributed by atoms with E-state index >= 15 is 0 Å². The maximum Gasteiger partial charge on any atom is 0.223 e. The van der Waals surface area contributed by atoms with Gasteiger partial charge in [0.15, 0.2) is 0 Å². The molecule has 1 aromatic heterocycles. The van der Waals surface area contributed by atoms with Gasteiger partial charge in [-0.3, -0.25) is 4.79 Å². The number of rotatable bonds is 5. The number of thiophene rings is 1. The lowest BCUT2D eigenvalue weighted by molar-refractivity contribution is -0.138. The average molecular weight is 315 g/mol. The highest BCUT2D eigenvalue weighted by Crippen LogP contribution is 2.14. The topological polar surface area (TPSA) is 29.5 Å². The Morgan fingerprint density at radius 1 is 1.23 bits per heavy atom. The Morgan fingerprint density at radius 3 is 2.86 bits per heavy atom. The van der Waals surface area contributed by atoms with E-state index in [1.54, 1.807) is 11.3 Å². The zero-order valence-electron chi connectivity index (χ0n) is 12.6. The van der Waals surface area contributed by atoms with Crippen LogP contribution in [0.15, 0.2) is 47.2 Å². The van der Waals surface area contributed by atoms with E-state index in [2.05, 4.69) is 29.0 Å². The van der Waals surface area contributed by atoms with Gasteiger partial charge in [-0.1, -0.05) is 30.3 Å². The van der Waals surface area contributed by atoms with Crippen molar-refractivity contribution in [2.75, 3.05) is 19.7 Å². The van der Waals surface area contributed by atoms with Crippen LogP contribution in [0.2, 0.25) is 0 Å². The molecule has 0 radical (unpaired) electrons. The first kappa shape index (κ1) is 15.3. The highest BCUT2D eigenvalue weighted by atomic mass is 32.1. The van der Waals surface area contributed by atoms with Crippen molar-refractivity contribution in [3.05, 3.63) is 58.3 Å². The summed E-state index contributed by atoms with van der Waals surface area (Å²) in [6.45, 7) is 2.06. The van der Waals surface area contributed by atoms with Crippen molar-refractivity contribution >= 4 is 17.2 Å². The number of ether oxygens (including phenoxy) is 1. The van der Waals surface area contributed by atoms with Crippen molar-refractivity contribution in [2.45, 2.75) is 25.4 Å². The minimum absolute atomic E-state index is 0.112. The van der Waals surface area contributed by atoms with Crippen LogP contribution in [0.1, 0.15) is 17.5 Å². The molecule has 4 heteroatoms. The Bertz CT molecular complexity index is 582. The van der Waals surface area contributed by atoms with Gasteiger partial charge < -0.3 is 9.64 Å². The van der Waals surface area contributed by atoms with Gasteiger partial charge in [-0.25, -0.2) is 0 Å². The fraction of sp³-hybridized carbons (Fsp3) is 0.389. The standard InChI is InChI=1S/C18H21NO2S/c20-18(7-6-16-8-11-22-14-16)19-9-10-21-17(13-19)12-15-4-2-1-3-5-15/h1-5,8,11,14,17H,6-7,9-10,12-13H2/t17-/m0/s1. The molecule has 1 atom stereocenters. The molecule has 22 heavy (non-hydrogen) atoms. The summed E-state index contributed by atoms with van der Waals surface area (Å²) < 4.78 is 5.82. The quantitative estimate of drug-likeness (QED) is 0.848. The van der Waals surface area contributed by atoms with Crippen molar-refractivity contribution in [1.82, 2.24) is 4.90 Å². The molecular weight excluding hydrogens is 294 g/mol. The van der Waals surface area contributed by atoms with Gasteiger partial charge in [0.2, 0.25) is 5.91 Å². The largest absolute Gasteiger partial charge is 0.374 e. The molecule has 0 spiro atoms. The molecule has 2 heterocycles. The first-order valence-corrected chi connectivity index (χ1v) is 8.70. The summed E-state index contributed by atoms with van der Waals surface area (Å²) >= 11 is 1.68. The Kier molecular flexibility index (Phi) is 5.24. The van der Waals surface area contributed by atoms with Crippen LogP contribution in [0.3, 0.4) is 0 Å². The first-order chi connectivity index (χ1) is 10.8. The molecule has 116 valence electrons. The van der Waals surface area contributed by atoms with Gasteiger partial charge in [-0.2, -0.15) is 11.3 Å². The smallest absolute Gasteiger partial charge is 0.223 e. The van der Waals surface area contributed by atoms with E-state index in [1.165, 1.54) is 11.1 Å². The van der Waals surface area contributed by atoms with Crippen LogP contribution in [-0.2, 0) is 22.4 Å². The maximum atomic E-state index is 12.4. The van der Waals surface area contributed by atoms with E-state index < -0.39 is 0 Å². The molecular formula is C18H21NO2S. The highest BCUT2D eigenvalue weighted by molar-refractivity contribution is 7.07. The van der Waals surface area contributed by atoms with E-state index in [1.807, 2.05) is 23.1 Å². The molecule has 1 fully saturated rings. The number of carbonyl (C=O) groups excluding carboxylic acids is 1. The van der Waals surface area contributed by atoms with Crippen LogP contribution < -0.4 is 0 Å². The molecule has 1 aliphatic heterocycles. The second-order valence-corrected chi connectivity index (χ2v) is 6.43. The number of hydrogen-bond donors (Lipinski definition) is 0. The number of benzene rings is 1. The summed E-state index contributed by atoms with van der Waals surface area (Å²) in [6, 6.07) is 12.4. The van der Waals surface area contributed by atoms with Crippen LogP contribution in [-0.4, -0.2) is 36.6 Å². The average Bonchev–Trinajstić information content (AvgIpc) is 3.07. The normalized spacial score (nSPS) is 18.4. The van der Waals surface area contributed by atoms with Gasteiger partial charge in [0, 0.05) is 25.9 Å². The second-order valence-electron chi connectivity index (χ2n) is 5.65. The minimum atomic E-state index is 0.112. The number of carbonyl (C=O) groups is 1. The third-order valence-corrected chi connectivity index (χ3v) is 4.74. The maximum absolute atomic E-state index is 12.4. The minimum Gasteiger partial charge on any atom is -0.374 e. The zero-order chi connectivity index (χ0) is 15.2. The van der Waals surface area contributed by atoms with Crippen LogP contribution in [0.25, 0.3) is 0 Å². The monoisotopic (exact) mass is 315 g/mol. The van der Waals surface area contributed by atoms with Gasteiger partial charge in [-0.15, -0.1) is 0 Å². The van der Waals surface area contributed by atoms with E-state index in [0.717, 1.165) is 12.8 Å². The molecule has 1 amide bonds. The van der Waals surface area contributed by atoms with Gasteiger partial charge >= 0.3 is 0 Å². The second kappa shape index (κ2) is 7.56. The molecule has 1 aromatic carbocycles. The van der Waals surface area contributed by atoms with Crippen LogP contribution in [0.4, 0.5) is 0 Å². The van der Waals surface area contributed by atoms with Gasteiger partial charge in [-0.05, 0) is 34.4 Å². The molecule has 0 aliphatic carbocycles. The molecule has 3 rings (SSSR count). The fourth-order valence-corrected chi connectivity index (χ4v) is 3.49. The van der Waals surface area contributed by atoms with E-state index in [0.29, 0.717) is 26.1 Å². The Morgan fingerprint density at radius 2 is 2.09 bits per heavy atom. The predicted octanol–water partition coefficient (Wildman–Crippen LogP) is 3.15. The number of morpholine rings is 1. The van der Waals surface area contributed by atoms with Gasteiger partial charge in [0.05, 0.1) is 12.7 Å².